The Bertz CT molecular complexity index is 644. The summed E-state index contributed by atoms with van der Waals surface area (Å²) in [5, 5.41) is 4.01. The molecule has 0 bridgehead atoms. The van der Waals surface area contributed by atoms with Gasteiger partial charge in [-0.3, -0.25) is 4.79 Å². The molecule has 0 saturated carbocycles. The molecule has 5 nitrogen and oxygen atoms in total. The summed E-state index contributed by atoms with van der Waals surface area (Å²) < 4.78 is 0. The second-order valence-corrected chi connectivity index (χ2v) is 6.13. The number of aryl methyl sites for hydroxylation is 3. The molecule has 0 radical (unpaired) electrons. The first-order valence-corrected chi connectivity index (χ1v) is 7.84. The Labute approximate surface area is 121 Å². The minimum Gasteiger partial charge on any atom is -0.351 e. The number of hydrogen-bond acceptors (Lipinski definition) is 4. The number of fused-ring (bicyclic) bond motifs is 1. The molecule has 3 rings (SSSR count). The summed E-state index contributed by atoms with van der Waals surface area (Å²) in [4.78, 5) is 25.4. The highest BCUT2D eigenvalue weighted by Gasteiger charge is 2.22. The number of hydrogen-bond donors (Lipinski definition) is 2. The van der Waals surface area contributed by atoms with Gasteiger partial charge in [0.05, 0.1) is 15.6 Å². The predicted molar refractivity (Wildman–Crippen MR) is 79.1 cm³/mol. The highest BCUT2D eigenvalue weighted by molar-refractivity contribution is 7.15. The summed E-state index contributed by atoms with van der Waals surface area (Å²) in [6.07, 6.45) is 3.89. The Hall–Kier alpha value is -1.69. The molecule has 0 saturated heterocycles. The number of aromatic nitrogens is 3. The van der Waals surface area contributed by atoms with E-state index < -0.39 is 0 Å². The fourth-order valence-electron chi connectivity index (χ4n) is 2.43. The van der Waals surface area contributed by atoms with Crippen molar-refractivity contribution in [3.8, 4) is 10.7 Å². The lowest BCUT2D eigenvalue weighted by Gasteiger charge is -1.96. The lowest BCUT2D eigenvalue weighted by atomic mass is 10.2. The molecule has 3 heterocycles. The predicted octanol–water partition coefficient (Wildman–Crippen LogP) is 2.47. The minimum atomic E-state index is -0.0732. The molecule has 0 spiro atoms. The molecule has 2 N–H and O–H groups in total. The van der Waals surface area contributed by atoms with Gasteiger partial charge in [0.15, 0.2) is 5.82 Å². The monoisotopic (exact) mass is 290 g/mol. The van der Waals surface area contributed by atoms with E-state index >= 15 is 0 Å². The topological polar surface area (TPSA) is 70.7 Å². The number of amides is 1. The van der Waals surface area contributed by atoms with Crippen molar-refractivity contribution in [3.63, 3.8) is 0 Å². The van der Waals surface area contributed by atoms with Crippen LogP contribution in [0, 0.1) is 6.92 Å². The number of carbonyl (C=O) groups excluding carboxylic acids is 1. The number of imidazole rings is 1. The Morgan fingerprint density at radius 2 is 2.20 bits per heavy atom. The van der Waals surface area contributed by atoms with Crippen LogP contribution in [-0.2, 0) is 12.8 Å². The molecule has 1 amide bonds. The Balaban J connectivity index is 1.99. The quantitative estimate of drug-likeness (QED) is 0.912. The first-order chi connectivity index (χ1) is 9.69. The van der Waals surface area contributed by atoms with Gasteiger partial charge in [-0.1, -0.05) is 6.92 Å². The van der Waals surface area contributed by atoms with Crippen molar-refractivity contribution < 1.29 is 4.79 Å². The van der Waals surface area contributed by atoms with Crippen LogP contribution in [0.3, 0.4) is 0 Å². The van der Waals surface area contributed by atoms with Crippen LogP contribution in [0.15, 0.2) is 0 Å². The Morgan fingerprint density at radius 3 is 3.00 bits per heavy atom. The third kappa shape index (κ3) is 2.35. The van der Waals surface area contributed by atoms with Crippen LogP contribution in [0.2, 0.25) is 0 Å². The van der Waals surface area contributed by atoms with Gasteiger partial charge in [0.1, 0.15) is 5.69 Å². The van der Waals surface area contributed by atoms with E-state index in [0.29, 0.717) is 5.69 Å². The average Bonchev–Trinajstić information content (AvgIpc) is 2.94. The fourth-order valence-corrected chi connectivity index (χ4v) is 3.54. The molecule has 0 fully saturated rings. The molecule has 2 aromatic rings. The molecule has 20 heavy (non-hydrogen) atoms. The first kappa shape index (κ1) is 13.3. The summed E-state index contributed by atoms with van der Waals surface area (Å²) in [5.74, 6) is 0.709. The van der Waals surface area contributed by atoms with Gasteiger partial charge < -0.3 is 10.3 Å². The first-order valence-electron chi connectivity index (χ1n) is 7.02. The van der Waals surface area contributed by atoms with Crippen LogP contribution in [0.1, 0.15) is 46.6 Å². The number of rotatable bonds is 3. The van der Waals surface area contributed by atoms with Gasteiger partial charge >= 0.3 is 0 Å². The van der Waals surface area contributed by atoms with Gasteiger partial charge in [0.2, 0.25) is 0 Å². The van der Waals surface area contributed by atoms with Crippen LogP contribution in [0.5, 0.6) is 0 Å². The SMILES string of the molecule is CCCc1nc(C)c(-c2nc3c([nH]2)CCCNC3=O)s1. The zero-order valence-electron chi connectivity index (χ0n) is 11.7. The van der Waals surface area contributed by atoms with Gasteiger partial charge in [-0.2, -0.15) is 0 Å². The summed E-state index contributed by atoms with van der Waals surface area (Å²) in [6.45, 7) is 4.87. The smallest absolute Gasteiger partial charge is 0.271 e. The van der Waals surface area contributed by atoms with Crippen molar-refractivity contribution in [2.24, 2.45) is 0 Å². The molecule has 0 atom stereocenters. The number of thiazole rings is 1. The van der Waals surface area contributed by atoms with Gasteiger partial charge in [-0.25, -0.2) is 9.97 Å². The van der Waals surface area contributed by atoms with Crippen molar-refractivity contribution in [2.45, 2.75) is 39.5 Å². The molecule has 1 aliphatic rings. The summed E-state index contributed by atoms with van der Waals surface area (Å²) in [5.41, 5.74) is 2.48. The lowest BCUT2D eigenvalue weighted by Crippen LogP contribution is -2.23. The molecular formula is C14H18N4OS. The van der Waals surface area contributed by atoms with E-state index in [1.165, 1.54) is 0 Å². The zero-order valence-corrected chi connectivity index (χ0v) is 12.6. The maximum absolute atomic E-state index is 11.9. The van der Waals surface area contributed by atoms with E-state index in [9.17, 15) is 4.79 Å². The second-order valence-electron chi connectivity index (χ2n) is 5.04. The largest absolute Gasteiger partial charge is 0.351 e. The van der Waals surface area contributed by atoms with Crippen molar-refractivity contribution in [3.05, 3.63) is 22.1 Å². The van der Waals surface area contributed by atoms with Gasteiger partial charge in [-0.15, -0.1) is 11.3 Å². The summed E-state index contributed by atoms with van der Waals surface area (Å²) >= 11 is 1.67. The van der Waals surface area contributed by atoms with Crippen molar-refractivity contribution in [1.82, 2.24) is 20.3 Å². The lowest BCUT2D eigenvalue weighted by molar-refractivity contribution is 0.0951. The number of H-pyrrole nitrogens is 1. The van der Waals surface area contributed by atoms with Crippen LogP contribution >= 0.6 is 11.3 Å². The number of aromatic amines is 1. The van der Waals surface area contributed by atoms with E-state index in [1.807, 2.05) is 6.92 Å². The normalized spacial score (nSPS) is 14.8. The molecule has 2 aromatic heterocycles. The molecule has 0 aromatic carbocycles. The third-order valence-corrected chi connectivity index (χ3v) is 4.63. The Kier molecular flexibility index (Phi) is 3.56. The second kappa shape index (κ2) is 5.36. The van der Waals surface area contributed by atoms with Gasteiger partial charge in [-0.05, 0) is 32.6 Å². The van der Waals surface area contributed by atoms with E-state index in [1.54, 1.807) is 11.3 Å². The highest BCUT2D eigenvalue weighted by atomic mass is 32.1. The molecule has 0 unspecified atom stereocenters. The standard InChI is InChI=1S/C14H18N4OS/c1-3-5-10-16-8(2)12(20-10)13-17-9-6-4-7-15-14(19)11(9)18-13/h3-7H2,1-2H3,(H,15,19)(H,17,18). The van der Waals surface area contributed by atoms with Crippen LogP contribution in [0.25, 0.3) is 10.7 Å². The zero-order chi connectivity index (χ0) is 14.1. The van der Waals surface area contributed by atoms with Crippen LogP contribution in [-0.4, -0.2) is 27.4 Å². The molecule has 0 aliphatic carbocycles. The fraction of sp³-hybridized carbons (Fsp3) is 0.500. The van der Waals surface area contributed by atoms with E-state index in [-0.39, 0.29) is 5.91 Å². The van der Waals surface area contributed by atoms with Crippen molar-refractivity contribution in [1.29, 1.82) is 0 Å². The molecule has 106 valence electrons. The van der Waals surface area contributed by atoms with Crippen LogP contribution < -0.4 is 5.32 Å². The summed E-state index contributed by atoms with van der Waals surface area (Å²) in [7, 11) is 0. The molecule has 6 heteroatoms. The minimum absolute atomic E-state index is 0.0732. The number of nitrogens with zero attached hydrogens (tertiary/aromatic N) is 2. The molecule has 1 aliphatic heterocycles. The van der Waals surface area contributed by atoms with E-state index in [2.05, 4.69) is 27.2 Å². The van der Waals surface area contributed by atoms with Gasteiger partial charge in [0, 0.05) is 12.2 Å². The van der Waals surface area contributed by atoms with Crippen molar-refractivity contribution >= 4 is 17.2 Å². The van der Waals surface area contributed by atoms with E-state index in [4.69, 9.17) is 0 Å². The number of nitrogens with one attached hydrogen (secondary N) is 2. The van der Waals surface area contributed by atoms with E-state index in [0.717, 1.165) is 59.3 Å². The van der Waals surface area contributed by atoms with Gasteiger partial charge in [0.25, 0.3) is 5.91 Å². The number of carbonyl (C=O) groups is 1. The maximum atomic E-state index is 11.9. The van der Waals surface area contributed by atoms with Crippen LogP contribution in [0.4, 0.5) is 0 Å². The van der Waals surface area contributed by atoms with Crippen molar-refractivity contribution in [2.75, 3.05) is 6.54 Å². The maximum Gasteiger partial charge on any atom is 0.271 e. The molecular weight excluding hydrogens is 272 g/mol. The Morgan fingerprint density at radius 1 is 1.35 bits per heavy atom. The average molecular weight is 290 g/mol. The summed E-state index contributed by atoms with van der Waals surface area (Å²) in [6, 6.07) is 0. The third-order valence-electron chi connectivity index (χ3n) is 3.40. The highest BCUT2D eigenvalue weighted by Crippen LogP contribution is 2.30.